The topological polar surface area (TPSA) is 114 Å². The number of nitrogen functional groups attached to an aromatic ring is 1. The standard InChI is InChI=1S/C7H8ClN5O/c8-7-11-1-2-3(9)4(5(10)14)12-6(2)13-7/h1,5,14H,9-10H2,(H,11,12,13). The van der Waals surface area contributed by atoms with Crippen LogP contribution in [0.1, 0.15) is 11.9 Å². The van der Waals surface area contributed by atoms with Crippen LogP contribution in [0.15, 0.2) is 6.20 Å². The largest absolute Gasteiger partial charge is 0.397 e. The number of nitrogens with one attached hydrogen (secondary N) is 1. The summed E-state index contributed by atoms with van der Waals surface area (Å²) >= 11 is 5.58. The molecule has 14 heavy (non-hydrogen) atoms. The highest BCUT2D eigenvalue weighted by Gasteiger charge is 2.14. The van der Waals surface area contributed by atoms with Crippen molar-refractivity contribution in [3.05, 3.63) is 17.2 Å². The number of halogens is 1. The lowest BCUT2D eigenvalue weighted by atomic mass is 10.3. The van der Waals surface area contributed by atoms with Gasteiger partial charge in [-0.15, -0.1) is 0 Å². The minimum Gasteiger partial charge on any atom is -0.397 e. The number of H-pyrrole nitrogens is 1. The van der Waals surface area contributed by atoms with Crippen LogP contribution in [0.25, 0.3) is 11.0 Å². The van der Waals surface area contributed by atoms with E-state index in [0.29, 0.717) is 22.4 Å². The molecule has 0 saturated carbocycles. The fourth-order valence-electron chi connectivity index (χ4n) is 1.23. The van der Waals surface area contributed by atoms with Gasteiger partial charge in [-0.2, -0.15) is 4.98 Å². The van der Waals surface area contributed by atoms with E-state index in [9.17, 15) is 0 Å². The van der Waals surface area contributed by atoms with Crippen LogP contribution in [0, 0.1) is 0 Å². The number of aliphatic hydroxyl groups excluding tert-OH is 1. The van der Waals surface area contributed by atoms with E-state index in [-0.39, 0.29) is 5.28 Å². The first-order chi connectivity index (χ1) is 6.59. The van der Waals surface area contributed by atoms with E-state index in [4.69, 9.17) is 28.2 Å². The van der Waals surface area contributed by atoms with Gasteiger partial charge in [0.05, 0.1) is 16.8 Å². The third-order valence-corrected chi connectivity index (χ3v) is 2.07. The maximum atomic E-state index is 9.16. The van der Waals surface area contributed by atoms with Gasteiger partial charge >= 0.3 is 0 Å². The average molecular weight is 214 g/mol. The van der Waals surface area contributed by atoms with Gasteiger partial charge in [0.15, 0.2) is 0 Å². The van der Waals surface area contributed by atoms with E-state index in [1.54, 1.807) is 0 Å². The Labute approximate surface area is 83.9 Å². The van der Waals surface area contributed by atoms with E-state index < -0.39 is 6.23 Å². The lowest BCUT2D eigenvalue weighted by molar-refractivity contribution is 0.183. The summed E-state index contributed by atoms with van der Waals surface area (Å²) in [4.78, 5) is 10.4. The molecule has 0 amide bonds. The van der Waals surface area contributed by atoms with Gasteiger partial charge in [0.2, 0.25) is 5.28 Å². The first kappa shape index (κ1) is 9.20. The van der Waals surface area contributed by atoms with Gasteiger partial charge in [-0.3, -0.25) is 0 Å². The SMILES string of the molecule is Nc1c(C(N)O)[nH]c2nc(Cl)ncc12. The summed E-state index contributed by atoms with van der Waals surface area (Å²) in [6, 6.07) is 0. The second-order valence-electron chi connectivity index (χ2n) is 2.80. The lowest BCUT2D eigenvalue weighted by Gasteiger charge is -2.01. The zero-order chi connectivity index (χ0) is 10.3. The van der Waals surface area contributed by atoms with Crippen molar-refractivity contribution in [1.82, 2.24) is 15.0 Å². The maximum Gasteiger partial charge on any atom is 0.224 e. The predicted octanol–water partition coefficient (Wildman–Crippen LogP) is 0.143. The van der Waals surface area contributed by atoms with E-state index in [0.717, 1.165) is 0 Å². The maximum absolute atomic E-state index is 9.16. The molecule has 2 rings (SSSR count). The van der Waals surface area contributed by atoms with Crippen LogP contribution in [0.4, 0.5) is 5.69 Å². The first-order valence-electron chi connectivity index (χ1n) is 3.83. The fourth-order valence-corrected chi connectivity index (χ4v) is 1.36. The molecular weight excluding hydrogens is 206 g/mol. The summed E-state index contributed by atoms with van der Waals surface area (Å²) in [5.74, 6) is 0. The molecule has 0 saturated heterocycles. The number of anilines is 1. The normalized spacial score (nSPS) is 13.4. The highest BCUT2D eigenvalue weighted by Crippen LogP contribution is 2.25. The minimum absolute atomic E-state index is 0.108. The average Bonchev–Trinajstić information content (AvgIpc) is 2.43. The molecule has 0 spiro atoms. The van der Waals surface area contributed by atoms with Gasteiger partial charge in [-0.1, -0.05) is 0 Å². The quantitative estimate of drug-likeness (QED) is 0.398. The number of aliphatic hydroxyl groups is 1. The zero-order valence-electron chi connectivity index (χ0n) is 7.03. The number of nitrogens with two attached hydrogens (primary N) is 2. The molecule has 74 valence electrons. The Morgan fingerprint density at radius 2 is 2.29 bits per heavy atom. The Kier molecular flexibility index (Phi) is 2.03. The number of hydrogen-bond donors (Lipinski definition) is 4. The summed E-state index contributed by atoms with van der Waals surface area (Å²) in [7, 11) is 0. The molecule has 6 N–H and O–H groups in total. The monoisotopic (exact) mass is 213 g/mol. The van der Waals surface area contributed by atoms with Crippen LogP contribution in [-0.4, -0.2) is 20.1 Å². The third kappa shape index (κ3) is 1.29. The molecule has 0 fully saturated rings. The van der Waals surface area contributed by atoms with Crippen LogP contribution in [0.2, 0.25) is 5.28 Å². The summed E-state index contributed by atoms with van der Waals surface area (Å²) in [5, 5.41) is 9.86. The molecule has 6 nitrogen and oxygen atoms in total. The summed E-state index contributed by atoms with van der Waals surface area (Å²) < 4.78 is 0. The Morgan fingerprint density at radius 3 is 2.93 bits per heavy atom. The van der Waals surface area contributed by atoms with Gasteiger partial charge in [0, 0.05) is 6.20 Å². The van der Waals surface area contributed by atoms with Crippen LogP contribution < -0.4 is 11.5 Å². The summed E-state index contributed by atoms with van der Waals surface area (Å²) in [5.41, 5.74) is 12.1. The highest BCUT2D eigenvalue weighted by molar-refractivity contribution is 6.28. The van der Waals surface area contributed by atoms with Gasteiger partial charge < -0.3 is 21.6 Å². The van der Waals surface area contributed by atoms with Gasteiger partial charge in [0.1, 0.15) is 11.9 Å². The second-order valence-corrected chi connectivity index (χ2v) is 3.14. The number of hydrogen-bond acceptors (Lipinski definition) is 5. The van der Waals surface area contributed by atoms with E-state index >= 15 is 0 Å². The van der Waals surface area contributed by atoms with Gasteiger partial charge in [-0.25, -0.2) is 4.98 Å². The third-order valence-electron chi connectivity index (χ3n) is 1.89. The number of rotatable bonds is 1. The van der Waals surface area contributed by atoms with Crippen molar-refractivity contribution >= 4 is 28.3 Å². The van der Waals surface area contributed by atoms with Gasteiger partial charge in [-0.05, 0) is 11.6 Å². The molecule has 1 unspecified atom stereocenters. The van der Waals surface area contributed by atoms with Crippen molar-refractivity contribution in [3.63, 3.8) is 0 Å². The van der Waals surface area contributed by atoms with Crippen molar-refractivity contribution in [2.75, 3.05) is 5.73 Å². The fraction of sp³-hybridized carbons (Fsp3) is 0.143. The molecule has 0 aliphatic heterocycles. The van der Waals surface area contributed by atoms with E-state index in [2.05, 4.69) is 15.0 Å². The highest BCUT2D eigenvalue weighted by atomic mass is 35.5. The van der Waals surface area contributed by atoms with Gasteiger partial charge in [0.25, 0.3) is 0 Å². The molecular formula is C7H8ClN5O. The molecule has 2 aromatic rings. The molecule has 0 aliphatic carbocycles. The molecule has 0 radical (unpaired) electrons. The van der Waals surface area contributed by atoms with Crippen molar-refractivity contribution in [2.45, 2.75) is 6.23 Å². The zero-order valence-corrected chi connectivity index (χ0v) is 7.78. The molecule has 1 atom stereocenters. The molecule has 0 aliphatic rings. The van der Waals surface area contributed by atoms with Crippen molar-refractivity contribution < 1.29 is 5.11 Å². The smallest absolute Gasteiger partial charge is 0.224 e. The van der Waals surface area contributed by atoms with Crippen molar-refractivity contribution in [2.24, 2.45) is 5.73 Å². The van der Waals surface area contributed by atoms with Crippen molar-refractivity contribution in [3.8, 4) is 0 Å². The van der Waals surface area contributed by atoms with E-state index in [1.165, 1.54) is 6.20 Å². The Bertz CT molecular complexity index is 480. The Balaban J connectivity index is 2.73. The summed E-state index contributed by atoms with van der Waals surface area (Å²) in [6.45, 7) is 0. The van der Waals surface area contributed by atoms with Crippen LogP contribution in [0.5, 0.6) is 0 Å². The Hall–Kier alpha value is -1.37. The molecule has 2 aromatic heterocycles. The van der Waals surface area contributed by atoms with Crippen LogP contribution in [0.3, 0.4) is 0 Å². The summed E-state index contributed by atoms with van der Waals surface area (Å²) in [6.07, 6.45) is 0.311. The number of nitrogens with zero attached hydrogens (tertiary/aromatic N) is 2. The Morgan fingerprint density at radius 1 is 1.57 bits per heavy atom. The van der Waals surface area contributed by atoms with E-state index in [1.807, 2.05) is 0 Å². The molecule has 7 heteroatoms. The van der Waals surface area contributed by atoms with Crippen LogP contribution >= 0.6 is 11.6 Å². The first-order valence-corrected chi connectivity index (χ1v) is 4.20. The molecule has 2 heterocycles. The number of aromatic amines is 1. The molecule has 0 bridgehead atoms. The molecule has 0 aromatic carbocycles. The van der Waals surface area contributed by atoms with Crippen LogP contribution in [-0.2, 0) is 0 Å². The number of aromatic nitrogens is 3. The predicted molar refractivity (Wildman–Crippen MR) is 52.5 cm³/mol. The number of fused-ring (bicyclic) bond motifs is 1. The second kappa shape index (κ2) is 3.09. The van der Waals surface area contributed by atoms with Crippen molar-refractivity contribution in [1.29, 1.82) is 0 Å². The minimum atomic E-state index is -1.16. The lowest BCUT2D eigenvalue weighted by Crippen LogP contribution is -2.10.